The van der Waals surface area contributed by atoms with Gasteiger partial charge in [0.1, 0.15) is 17.2 Å². The first kappa shape index (κ1) is 18.3. The van der Waals surface area contributed by atoms with Gasteiger partial charge in [-0.15, -0.1) is 0 Å². The van der Waals surface area contributed by atoms with E-state index in [9.17, 15) is 14.0 Å². The van der Waals surface area contributed by atoms with Crippen LogP contribution >= 0.6 is 12.2 Å². The molecule has 2 amide bonds. The van der Waals surface area contributed by atoms with Crippen molar-refractivity contribution in [3.63, 3.8) is 0 Å². The number of rotatable bonds is 3. The molecule has 0 bridgehead atoms. The lowest BCUT2D eigenvalue weighted by atomic mass is 10.1. The zero-order chi connectivity index (χ0) is 19.7. The molecule has 7 nitrogen and oxygen atoms in total. The van der Waals surface area contributed by atoms with E-state index in [1.54, 1.807) is 12.1 Å². The van der Waals surface area contributed by atoms with Gasteiger partial charge in [0.2, 0.25) is 0 Å². The van der Waals surface area contributed by atoms with Crippen LogP contribution in [0.15, 0.2) is 46.4 Å². The van der Waals surface area contributed by atoms with Crippen LogP contribution < -0.4 is 15.1 Å². The summed E-state index contributed by atoms with van der Waals surface area (Å²) >= 11 is 5.11. The van der Waals surface area contributed by atoms with Crippen molar-refractivity contribution in [2.45, 2.75) is 0 Å². The van der Waals surface area contributed by atoms with Crippen molar-refractivity contribution >= 4 is 46.8 Å². The van der Waals surface area contributed by atoms with Crippen LogP contribution in [0.5, 0.6) is 0 Å². The highest BCUT2D eigenvalue weighted by atomic mass is 32.1. The number of amides is 2. The van der Waals surface area contributed by atoms with E-state index in [0.29, 0.717) is 43.6 Å². The maximum atomic E-state index is 13.2. The zero-order valence-corrected chi connectivity index (χ0v) is 15.5. The van der Waals surface area contributed by atoms with Crippen LogP contribution in [-0.4, -0.2) is 43.2 Å². The van der Waals surface area contributed by atoms with E-state index in [1.165, 1.54) is 30.3 Å². The van der Waals surface area contributed by atoms with E-state index in [0.717, 1.165) is 4.90 Å². The van der Waals surface area contributed by atoms with Gasteiger partial charge in [0.05, 0.1) is 18.9 Å². The van der Waals surface area contributed by atoms with E-state index in [1.807, 2.05) is 4.90 Å². The molecule has 2 saturated heterocycles. The highest BCUT2D eigenvalue weighted by Gasteiger charge is 2.34. The Labute approximate surface area is 165 Å². The average Bonchev–Trinajstić information content (AvgIpc) is 3.16. The maximum absolute atomic E-state index is 13.2. The summed E-state index contributed by atoms with van der Waals surface area (Å²) in [6, 6.07) is 8.73. The molecule has 3 heterocycles. The largest absolute Gasteiger partial charge is 0.441 e. The van der Waals surface area contributed by atoms with Crippen LogP contribution in [-0.2, 0) is 14.3 Å². The highest BCUT2D eigenvalue weighted by molar-refractivity contribution is 7.80. The van der Waals surface area contributed by atoms with Crippen molar-refractivity contribution in [1.82, 2.24) is 5.32 Å². The third-order valence-corrected chi connectivity index (χ3v) is 4.69. The maximum Gasteiger partial charge on any atom is 0.270 e. The van der Waals surface area contributed by atoms with Crippen molar-refractivity contribution in [3.8, 4) is 0 Å². The molecule has 0 spiro atoms. The summed E-state index contributed by atoms with van der Waals surface area (Å²) in [4.78, 5) is 28.4. The number of thiocarbonyl (C=S) groups is 1. The normalized spacial score (nSPS) is 19.3. The summed E-state index contributed by atoms with van der Waals surface area (Å²) in [5, 5.41) is 2.42. The number of benzene rings is 1. The predicted octanol–water partition coefficient (Wildman–Crippen LogP) is 2.09. The van der Waals surface area contributed by atoms with E-state index in [2.05, 4.69) is 5.32 Å². The van der Waals surface area contributed by atoms with Crippen molar-refractivity contribution in [3.05, 3.63) is 53.5 Å². The number of hydrogen-bond acceptors (Lipinski definition) is 6. The monoisotopic (exact) mass is 401 g/mol. The molecule has 1 aromatic heterocycles. The van der Waals surface area contributed by atoms with Gasteiger partial charge in [-0.3, -0.25) is 19.8 Å². The fourth-order valence-electron chi connectivity index (χ4n) is 3.00. The van der Waals surface area contributed by atoms with Gasteiger partial charge in [-0.1, -0.05) is 0 Å². The van der Waals surface area contributed by atoms with E-state index >= 15 is 0 Å². The van der Waals surface area contributed by atoms with Crippen molar-refractivity contribution < 1.29 is 23.1 Å². The number of anilines is 2. The first-order valence-corrected chi connectivity index (χ1v) is 9.03. The standard InChI is InChI=1S/C19H16FN3O4S/c20-12-1-3-13(4-2-12)23-18(25)15(17(24)21-19(23)28)11-14-5-6-16(27-14)22-7-9-26-10-8-22/h1-6,11H,7-10H2,(H,21,24,28)/b15-11+. The molecule has 144 valence electrons. The van der Waals surface area contributed by atoms with Gasteiger partial charge in [0.15, 0.2) is 11.0 Å². The number of nitrogens with zero attached hydrogens (tertiary/aromatic N) is 2. The quantitative estimate of drug-likeness (QED) is 0.482. The first-order valence-electron chi connectivity index (χ1n) is 8.62. The average molecular weight is 401 g/mol. The topological polar surface area (TPSA) is 75.0 Å². The Kier molecular flexibility index (Phi) is 4.93. The molecule has 0 unspecified atom stereocenters. The summed E-state index contributed by atoms with van der Waals surface area (Å²) < 4.78 is 24.3. The van der Waals surface area contributed by atoms with Gasteiger partial charge in [0.25, 0.3) is 11.8 Å². The smallest absolute Gasteiger partial charge is 0.270 e. The minimum absolute atomic E-state index is 0.0628. The number of ether oxygens (including phenoxy) is 1. The van der Waals surface area contributed by atoms with Gasteiger partial charge in [-0.25, -0.2) is 4.39 Å². The number of carbonyl (C=O) groups is 2. The summed E-state index contributed by atoms with van der Waals surface area (Å²) in [7, 11) is 0. The first-order chi connectivity index (χ1) is 13.5. The van der Waals surface area contributed by atoms with Gasteiger partial charge in [0, 0.05) is 19.2 Å². The number of furan rings is 1. The lowest BCUT2D eigenvalue weighted by molar-refractivity contribution is -0.122. The van der Waals surface area contributed by atoms with Crippen LogP contribution in [0.25, 0.3) is 6.08 Å². The number of nitrogens with one attached hydrogen (secondary N) is 1. The Balaban J connectivity index is 1.61. The highest BCUT2D eigenvalue weighted by Crippen LogP contribution is 2.25. The summed E-state index contributed by atoms with van der Waals surface area (Å²) in [6.07, 6.45) is 1.37. The number of hydrogen-bond donors (Lipinski definition) is 1. The lowest BCUT2D eigenvalue weighted by Crippen LogP contribution is -2.54. The molecule has 4 rings (SSSR count). The lowest BCUT2D eigenvalue weighted by Gasteiger charge is -2.28. The molecule has 2 aromatic rings. The van der Waals surface area contributed by atoms with Crippen LogP contribution in [0.2, 0.25) is 0 Å². The number of halogens is 1. The fourth-order valence-corrected chi connectivity index (χ4v) is 3.28. The summed E-state index contributed by atoms with van der Waals surface area (Å²) in [5.74, 6) is -0.649. The van der Waals surface area contributed by atoms with Crippen LogP contribution in [0, 0.1) is 5.82 Å². The predicted molar refractivity (Wildman–Crippen MR) is 104 cm³/mol. The molecule has 0 atom stereocenters. The second-order valence-electron chi connectivity index (χ2n) is 6.21. The molecular weight excluding hydrogens is 385 g/mol. The Morgan fingerprint density at radius 3 is 2.50 bits per heavy atom. The number of carbonyl (C=O) groups excluding carboxylic acids is 2. The molecule has 2 fully saturated rings. The Morgan fingerprint density at radius 2 is 1.79 bits per heavy atom. The third kappa shape index (κ3) is 3.54. The van der Waals surface area contributed by atoms with E-state index in [4.69, 9.17) is 21.4 Å². The van der Waals surface area contributed by atoms with Crippen molar-refractivity contribution in [1.29, 1.82) is 0 Å². The molecule has 2 aliphatic rings. The second-order valence-corrected chi connectivity index (χ2v) is 6.60. The molecular formula is C19H16FN3O4S. The van der Waals surface area contributed by atoms with E-state index in [-0.39, 0.29) is 10.7 Å². The molecule has 0 saturated carbocycles. The molecule has 9 heteroatoms. The van der Waals surface area contributed by atoms with Crippen molar-refractivity contribution in [2.75, 3.05) is 36.1 Å². The molecule has 28 heavy (non-hydrogen) atoms. The molecule has 1 aromatic carbocycles. The molecule has 1 N–H and O–H groups in total. The van der Waals surface area contributed by atoms with Gasteiger partial charge in [-0.2, -0.15) is 0 Å². The minimum atomic E-state index is -0.613. The second kappa shape index (κ2) is 7.53. The van der Waals surface area contributed by atoms with Crippen LogP contribution in [0.1, 0.15) is 5.76 Å². The van der Waals surface area contributed by atoms with E-state index < -0.39 is 17.6 Å². The SMILES string of the molecule is O=C1NC(=S)N(c2ccc(F)cc2)C(=O)/C1=C/c1ccc(N2CCOCC2)o1. The van der Waals surface area contributed by atoms with Crippen molar-refractivity contribution in [2.24, 2.45) is 0 Å². The van der Waals surface area contributed by atoms with Gasteiger partial charge < -0.3 is 14.1 Å². The Bertz CT molecular complexity index is 964. The number of morpholine rings is 1. The van der Waals surface area contributed by atoms with Gasteiger partial charge in [-0.05, 0) is 48.6 Å². The fraction of sp³-hybridized carbons (Fsp3) is 0.211. The van der Waals surface area contributed by atoms with Gasteiger partial charge >= 0.3 is 0 Å². The molecule has 0 radical (unpaired) electrons. The summed E-state index contributed by atoms with van der Waals surface area (Å²) in [6.45, 7) is 2.63. The van der Waals surface area contributed by atoms with Crippen LogP contribution in [0.4, 0.5) is 16.0 Å². The molecule has 0 aliphatic carbocycles. The summed E-state index contributed by atoms with van der Waals surface area (Å²) in [5.41, 5.74) is 0.233. The Hall–Kier alpha value is -3.04. The van der Waals surface area contributed by atoms with Crippen LogP contribution in [0.3, 0.4) is 0 Å². The third-order valence-electron chi connectivity index (χ3n) is 4.41. The minimum Gasteiger partial charge on any atom is -0.441 e. The molecule has 2 aliphatic heterocycles. The zero-order valence-electron chi connectivity index (χ0n) is 14.7. The Morgan fingerprint density at radius 1 is 1.07 bits per heavy atom.